The molecular formula is C21H15FN2OS. The van der Waals surface area contributed by atoms with Crippen molar-refractivity contribution in [2.45, 2.75) is 6.42 Å². The minimum atomic E-state index is -0.427. The van der Waals surface area contributed by atoms with E-state index in [1.165, 1.54) is 22.9 Å². The van der Waals surface area contributed by atoms with E-state index in [0.29, 0.717) is 11.3 Å². The number of hydrogen-bond donors (Lipinski definition) is 1. The first-order chi connectivity index (χ1) is 12.7. The minimum Gasteiger partial charge on any atom is -0.322 e. The molecule has 1 aromatic heterocycles. The van der Waals surface area contributed by atoms with Gasteiger partial charge < -0.3 is 5.32 Å². The number of nitrogens with zero attached hydrogens (tertiary/aromatic N) is 1. The highest BCUT2D eigenvalue weighted by molar-refractivity contribution is 7.18. The molecule has 0 saturated heterocycles. The van der Waals surface area contributed by atoms with Crippen LogP contribution in [0.4, 0.5) is 10.1 Å². The first kappa shape index (κ1) is 16.4. The smallest absolute Gasteiger partial charge is 0.255 e. The molecule has 0 atom stereocenters. The zero-order valence-corrected chi connectivity index (χ0v) is 14.6. The third-order valence-electron chi connectivity index (χ3n) is 3.99. The van der Waals surface area contributed by atoms with E-state index in [1.54, 1.807) is 17.4 Å². The number of carbonyl (C=O) groups excluding carboxylic acids is 1. The molecule has 0 unspecified atom stereocenters. The maximum atomic E-state index is 13.2. The van der Waals surface area contributed by atoms with Crippen LogP contribution in [0, 0.1) is 5.82 Å². The monoisotopic (exact) mass is 362 g/mol. The van der Waals surface area contributed by atoms with Crippen LogP contribution in [0.2, 0.25) is 0 Å². The van der Waals surface area contributed by atoms with E-state index in [9.17, 15) is 9.18 Å². The van der Waals surface area contributed by atoms with Crippen molar-refractivity contribution in [3.8, 4) is 0 Å². The summed E-state index contributed by atoms with van der Waals surface area (Å²) in [5.41, 5.74) is 3.11. The highest BCUT2D eigenvalue weighted by atomic mass is 32.1. The molecule has 0 fully saturated rings. The number of carbonyl (C=O) groups is 1. The largest absolute Gasteiger partial charge is 0.322 e. The van der Waals surface area contributed by atoms with Crippen molar-refractivity contribution in [1.29, 1.82) is 0 Å². The molecule has 1 amide bonds. The molecule has 0 saturated carbocycles. The summed E-state index contributed by atoms with van der Waals surface area (Å²) in [7, 11) is 0. The average Bonchev–Trinajstić information content (AvgIpc) is 3.05. The van der Waals surface area contributed by atoms with E-state index in [0.717, 1.165) is 22.5 Å². The lowest BCUT2D eigenvalue weighted by atomic mass is 10.1. The molecule has 1 N–H and O–H groups in total. The highest BCUT2D eigenvalue weighted by Gasteiger charge is 2.08. The van der Waals surface area contributed by atoms with Crippen LogP contribution in [-0.2, 0) is 6.42 Å². The number of nitrogens with one attached hydrogen (secondary N) is 1. The summed E-state index contributed by atoms with van der Waals surface area (Å²) < 4.78 is 14.4. The van der Waals surface area contributed by atoms with Gasteiger partial charge in [-0.05, 0) is 48.0 Å². The van der Waals surface area contributed by atoms with Crippen molar-refractivity contribution in [3.63, 3.8) is 0 Å². The first-order valence-electron chi connectivity index (χ1n) is 8.18. The Morgan fingerprint density at radius 1 is 1.00 bits per heavy atom. The summed E-state index contributed by atoms with van der Waals surface area (Å²) in [5.74, 6) is -0.757. The summed E-state index contributed by atoms with van der Waals surface area (Å²) in [6, 6.07) is 21.3. The molecule has 4 aromatic rings. The lowest BCUT2D eigenvalue weighted by Gasteiger charge is -2.06. The van der Waals surface area contributed by atoms with Crippen LogP contribution in [-0.4, -0.2) is 10.9 Å². The second-order valence-corrected chi connectivity index (χ2v) is 7.03. The molecule has 3 nitrogen and oxygen atoms in total. The fraction of sp³-hybridized carbons (Fsp3) is 0.0476. The van der Waals surface area contributed by atoms with Gasteiger partial charge in [-0.1, -0.05) is 30.3 Å². The summed E-state index contributed by atoms with van der Waals surface area (Å²) in [5, 5.41) is 3.84. The molecule has 0 aliphatic heterocycles. The molecule has 1 heterocycles. The molecule has 4 rings (SSSR count). The average molecular weight is 362 g/mol. The van der Waals surface area contributed by atoms with Gasteiger partial charge in [0, 0.05) is 17.7 Å². The normalized spacial score (nSPS) is 10.8. The van der Waals surface area contributed by atoms with Crippen LogP contribution in [0.25, 0.3) is 10.2 Å². The zero-order chi connectivity index (χ0) is 17.9. The third-order valence-corrected chi connectivity index (χ3v) is 5.03. The summed E-state index contributed by atoms with van der Waals surface area (Å²) in [4.78, 5) is 16.8. The maximum Gasteiger partial charge on any atom is 0.255 e. The Bertz CT molecular complexity index is 1040. The predicted molar refractivity (Wildman–Crippen MR) is 103 cm³/mol. The van der Waals surface area contributed by atoms with E-state index >= 15 is 0 Å². The number of anilines is 1. The molecule has 3 aromatic carbocycles. The molecule has 0 radical (unpaired) electrons. The first-order valence-corrected chi connectivity index (χ1v) is 8.99. The molecule has 0 aliphatic rings. The van der Waals surface area contributed by atoms with Gasteiger partial charge in [-0.25, -0.2) is 9.37 Å². The van der Waals surface area contributed by atoms with Gasteiger partial charge in [-0.2, -0.15) is 0 Å². The van der Waals surface area contributed by atoms with Crippen molar-refractivity contribution in [3.05, 3.63) is 94.7 Å². The van der Waals surface area contributed by atoms with Crippen molar-refractivity contribution in [2.75, 3.05) is 5.32 Å². The van der Waals surface area contributed by atoms with Crippen molar-refractivity contribution in [2.24, 2.45) is 0 Å². The number of rotatable bonds is 4. The van der Waals surface area contributed by atoms with Gasteiger partial charge in [0.1, 0.15) is 5.82 Å². The summed E-state index contributed by atoms with van der Waals surface area (Å²) in [6.45, 7) is 0. The standard InChI is InChI=1S/C21H15FN2OS/c22-16-5-3-4-15(13-16)21(25)23-17-10-8-14(9-11-17)12-20-24-18-6-1-2-7-19(18)26-20/h1-11,13H,12H2,(H,23,25). The quantitative estimate of drug-likeness (QED) is 0.537. The Morgan fingerprint density at radius 3 is 2.58 bits per heavy atom. The van der Waals surface area contributed by atoms with E-state index in [2.05, 4.69) is 16.4 Å². The Morgan fingerprint density at radius 2 is 1.81 bits per heavy atom. The lowest BCUT2D eigenvalue weighted by molar-refractivity contribution is 0.102. The fourth-order valence-electron chi connectivity index (χ4n) is 2.71. The number of fused-ring (bicyclic) bond motifs is 1. The lowest BCUT2D eigenvalue weighted by Crippen LogP contribution is -2.11. The van der Waals surface area contributed by atoms with E-state index < -0.39 is 5.82 Å². The van der Waals surface area contributed by atoms with E-state index in [1.807, 2.05) is 42.5 Å². The molecule has 128 valence electrons. The van der Waals surface area contributed by atoms with E-state index in [-0.39, 0.29) is 5.91 Å². The van der Waals surface area contributed by atoms with Gasteiger partial charge in [0.15, 0.2) is 0 Å². The van der Waals surface area contributed by atoms with Crippen LogP contribution in [0.15, 0.2) is 72.8 Å². The van der Waals surface area contributed by atoms with Crippen molar-refractivity contribution in [1.82, 2.24) is 4.98 Å². The number of halogens is 1. The number of aromatic nitrogens is 1. The van der Waals surface area contributed by atoms with Gasteiger partial charge in [0.05, 0.1) is 15.2 Å². The van der Waals surface area contributed by atoms with Crippen LogP contribution >= 0.6 is 11.3 Å². The molecule has 5 heteroatoms. The van der Waals surface area contributed by atoms with Crippen LogP contribution in [0.1, 0.15) is 20.9 Å². The van der Waals surface area contributed by atoms with Gasteiger partial charge in [-0.15, -0.1) is 11.3 Å². The van der Waals surface area contributed by atoms with Crippen LogP contribution in [0.3, 0.4) is 0 Å². The predicted octanol–water partition coefficient (Wildman–Crippen LogP) is 5.28. The molecule has 26 heavy (non-hydrogen) atoms. The molecular weight excluding hydrogens is 347 g/mol. The Labute approximate surface area is 154 Å². The zero-order valence-electron chi connectivity index (χ0n) is 13.8. The number of amides is 1. The topological polar surface area (TPSA) is 42.0 Å². The van der Waals surface area contributed by atoms with Crippen LogP contribution in [0.5, 0.6) is 0 Å². The van der Waals surface area contributed by atoms with E-state index in [4.69, 9.17) is 0 Å². The number of hydrogen-bond acceptors (Lipinski definition) is 3. The summed E-state index contributed by atoms with van der Waals surface area (Å²) in [6.07, 6.45) is 0.747. The highest BCUT2D eigenvalue weighted by Crippen LogP contribution is 2.24. The summed E-state index contributed by atoms with van der Waals surface area (Å²) >= 11 is 1.69. The van der Waals surface area contributed by atoms with Crippen molar-refractivity contribution < 1.29 is 9.18 Å². The maximum absolute atomic E-state index is 13.2. The minimum absolute atomic E-state index is 0.295. The molecule has 0 bridgehead atoms. The SMILES string of the molecule is O=C(Nc1ccc(Cc2nc3ccccc3s2)cc1)c1cccc(F)c1. The van der Waals surface area contributed by atoms with Gasteiger partial charge in [0.2, 0.25) is 0 Å². The molecule has 0 spiro atoms. The Balaban J connectivity index is 1.45. The van der Waals surface area contributed by atoms with Crippen molar-refractivity contribution >= 4 is 33.1 Å². The third kappa shape index (κ3) is 3.63. The molecule has 0 aliphatic carbocycles. The van der Waals surface area contributed by atoms with Crippen LogP contribution < -0.4 is 5.32 Å². The van der Waals surface area contributed by atoms with Gasteiger partial charge >= 0.3 is 0 Å². The second kappa shape index (κ2) is 7.06. The van der Waals surface area contributed by atoms with Gasteiger partial charge in [-0.3, -0.25) is 4.79 Å². The number of thiazole rings is 1. The van der Waals surface area contributed by atoms with Gasteiger partial charge in [0.25, 0.3) is 5.91 Å². The number of para-hydroxylation sites is 1. The Hall–Kier alpha value is -3.05. The number of benzene rings is 3. The Kier molecular flexibility index (Phi) is 4.46. The fourth-order valence-corrected chi connectivity index (χ4v) is 3.71. The second-order valence-electron chi connectivity index (χ2n) is 5.91.